The van der Waals surface area contributed by atoms with Crippen molar-refractivity contribution in [2.24, 2.45) is 7.05 Å². The fourth-order valence-electron chi connectivity index (χ4n) is 4.96. The minimum Gasteiger partial charge on any atom is -0.327 e. The molecule has 3 heteroatoms. The Balaban J connectivity index is 1.68. The first-order chi connectivity index (χ1) is 14.3. The number of para-hydroxylation sites is 2. The van der Waals surface area contributed by atoms with Crippen LogP contribution in [0, 0.1) is 0 Å². The van der Waals surface area contributed by atoms with E-state index in [9.17, 15) is 0 Å². The summed E-state index contributed by atoms with van der Waals surface area (Å²) in [5, 5.41) is 5.21. The van der Waals surface area contributed by atoms with Gasteiger partial charge in [0, 0.05) is 34.2 Å². The van der Waals surface area contributed by atoms with E-state index in [1.807, 2.05) is 6.07 Å². The lowest BCUT2D eigenvalue weighted by molar-refractivity contribution is 0.960. The van der Waals surface area contributed by atoms with Crippen LogP contribution in [0.25, 0.3) is 60.5 Å². The third kappa shape index (κ3) is 1.80. The predicted molar refractivity (Wildman–Crippen MR) is 121 cm³/mol. The van der Waals surface area contributed by atoms with Gasteiger partial charge in [0.05, 0.1) is 27.6 Å². The van der Waals surface area contributed by atoms with Gasteiger partial charge in [-0.3, -0.25) is 0 Å². The minimum atomic E-state index is 1.00. The van der Waals surface area contributed by atoms with Gasteiger partial charge < -0.3 is 8.97 Å². The van der Waals surface area contributed by atoms with Crippen LogP contribution < -0.4 is 0 Å². The van der Waals surface area contributed by atoms with Crippen LogP contribution >= 0.6 is 0 Å². The molecule has 0 radical (unpaired) electrons. The third-order valence-corrected chi connectivity index (χ3v) is 6.26. The smallest absolute Gasteiger partial charge is 0.140 e. The van der Waals surface area contributed by atoms with Crippen LogP contribution in [-0.4, -0.2) is 14.0 Å². The Morgan fingerprint density at radius 3 is 2.21 bits per heavy atom. The van der Waals surface area contributed by atoms with Crippen molar-refractivity contribution >= 4 is 49.1 Å². The second kappa shape index (κ2) is 5.15. The Bertz CT molecular complexity index is 1700. The molecule has 29 heavy (non-hydrogen) atoms. The topological polar surface area (TPSA) is 22.2 Å². The standard InChI is InChI=1S/C26H17N3/c1-28-24-14-20-19-12-7-11-18-17-10-5-6-13-22(17)29(25(18)19)23(20)15-21(24)27-26(28)16-8-3-2-4-9-16/h2-15H,1H3. The Morgan fingerprint density at radius 1 is 0.621 bits per heavy atom. The first kappa shape index (κ1) is 15.1. The summed E-state index contributed by atoms with van der Waals surface area (Å²) >= 11 is 0. The normalized spacial score (nSPS) is 12.3. The molecule has 4 aromatic carbocycles. The molecular weight excluding hydrogens is 354 g/mol. The van der Waals surface area contributed by atoms with Gasteiger partial charge in [0.25, 0.3) is 0 Å². The van der Waals surface area contributed by atoms with Crippen LogP contribution in [-0.2, 0) is 7.05 Å². The van der Waals surface area contributed by atoms with Gasteiger partial charge in [0.15, 0.2) is 0 Å². The van der Waals surface area contributed by atoms with Crippen LogP contribution in [0.4, 0.5) is 0 Å². The summed E-state index contributed by atoms with van der Waals surface area (Å²) in [6, 6.07) is 30.3. The maximum atomic E-state index is 5.00. The molecule has 3 nitrogen and oxygen atoms in total. The second-order valence-electron chi connectivity index (χ2n) is 7.77. The average molecular weight is 371 g/mol. The van der Waals surface area contributed by atoms with Gasteiger partial charge in [-0.1, -0.05) is 66.7 Å². The van der Waals surface area contributed by atoms with Crippen molar-refractivity contribution in [1.29, 1.82) is 0 Å². The molecule has 7 rings (SSSR count). The lowest BCUT2D eigenvalue weighted by Crippen LogP contribution is -1.91. The summed E-state index contributed by atoms with van der Waals surface area (Å²) < 4.78 is 4.61. The number of imidazole rings is 1. The van der Waals surface area contributed by atoms with Crippen molar-refractivity contribution in [3.63, 3.8) is 0 Å². The van der Waals surface area contributed by atoms with E-state index in [1.165, 1.54) is 38.1 Å². The number of rotatable bonds is 1. The number of benzene rings is 4. The molecular formula is C26H17N3. The highest BCUT2D eigenvalue weighted by atomic mass is 15.1. The SMILES string of the molecule is Cn1c(-c2ccccc2)nc2cc3c(cc21)c1cccc2c4ccccc4n3c21. The fourth-order valence-corrected chi connectivity index (χ4v) is 4.96. The van der Waals surface area contributed by atoms with E-state index in [4.69, 9.17) is 4.98 Å². The number of aromatic nitrogens is 3. The quantitative estimate of drug-likeness (QED) is 0.328. The van der Waals surface area contributed by atoms with Crippen molar-refractivity contribution in [1.82, 2.24) is 14.0 Å². The van der Waals surface area contributed by atoms with Crippen LogP contribution in [0.3, 0.4) is 0 Å². The van der Waals surface area contributed by atoms with Gasteiger partial charge >= 0.3 is 0 Å². The molecule has 0 bridgehead atoms. The third-order valence-electron chi connectivity index (χ3n) is 6.26. The van der Waals surface area contributed by atoms with E-state index in [-0.39, 0.29) is 0 Å². The van der Waals surface area contributed by atoms with E-state index >= 15 is 0 Å². The van der Waals surface area contributed by atoms with E-state index in [1.54, 1.807) is 0 Å². The fraction of sp³-hybridized carbons (Fsp3) is 0.0385. The zero-order valence-corrected chi connectivity index (χ0v) is 15.9. The summed E-state index contributed by atoms with van der Waals surface area (Å²) in [5.74, 6) is 1.00. The Hall–Kier alpha value is -3.85. The van der Waals surface area contributed by atoms with Crippen LogP contribution in [0.2, 0.25) is 0 Å². The highest BCUT2D eigenvalue weighted by Gasteiger charge is 2.19. The van der Waals surface area contributed by atoms with Gasteiger partial charge in [0.1, 0.15) is 5.82 Å². The first-order valence-electron chi connectivity index (χ1n) is 9.90. The number of fused-ring (bicyclic) bond motifs is 7. The molecule has 0 aliphatic carbocycles. The maximum absolute atomic E-state index is 5.00. The molecule has 3 aromatic heterocycles. The zero-order chi connectivity index (χ0) is 19.1. The molecule has 0 unspecified atom stereocenters. The van der Waals surface area contributed by atoms with Crippen LogP contribution in [0.1, 0.15) is 0 Å². The van der Waals surface area contributed by atoms with E-state index < -0.39 is 0 Å². The number of aryl methyl sites for hydroxylation is 1. The van der Waals surface area contributed by atoms with Crippen molar-refractivity contribution in [2.45, 2.75) is 0 Å². The summed E-state index contributed by atoms with van der Waals surface area (Å²) in [4.78, 5) is 5.00. The first-order valence-corrected chi connectivity index (χ1v) is 9.90. The number of nitrogens with zero attached hydrogens (tertiary/aromatic N) is 3. The average Bonchev–Trinajstić information content (AvgIpc) is 3.40. The van der Waals surface area contributed by atoms with Gasteiger partial charge in [-0.25, -0.2) is 4.98 Å². The maximum Gasteiger partial charge on any atom is 0.140 e. The Labute approximate surface area is 166 Å². The molecule has 0 spiro atoms. The van der Waals surface area contributed by atoms with Crippen LogP contribution in [0.15, 0.2) is 84.9 Å². The van der Waals surface area contributed by atoms with Gasteiger partial charge in [-0.05, 0) is 18.2 Å². The molecule has 0 saturated heterocycles. The molecule has 0 saturated carbocycles. The Kier molecular flexibility index (Phi) is 2.68. The van der Waals surface area contributed by atoms with Crippen molar-refractivity contribution in [2.75, 3.05) is 0 Å². The van der Waals surface area contributed by atoms with Gasteiger partial charge in [-0.2, -0.15) is 0 Å². The molecule has 0 atom stereocenters. The zero-order valence-electron chi connectivity index (χ0n) is 15.9. The largest absolute Gasteiger partial charge is 0.327 e. The van der Waals surface area contributed by atoms with E-state index in [0.717, 1.165) is 22.4 Å². The molecule has 3 heterocycles. The summed E-state index contributed by atoms with van der Waals surface area (Å²) in [7, 11) is 2.11. The number of hydrogen-bond donors (Lipinski definition) is 0. The second-order valence-corrected chi connectivity index (χ2v) is 7.77. The molecule has 0 amide bonds. The summed E-state index contributed by atoms with van der Waals surface area (Å²) in [6.07, 6.45) is 0. The van der Waals surface area contributed by atoms with Crippen molar-refractivity contribution < 1.29 is 0 Å². The number of hydrogen-bond acceptors (Lipinski definition) is 1. The monoisotopic (exact) mass is 371 g/mol. The van der Waals surface area contributed by atoms with E-state index in [2.05, 4.69) is 94.9 Å². The van der Waals surface area contributed by atoms with Crippen molar-refractivity contribution in [3.8, 4) is 11.4 Å². The molecule has 0 aliphatic rings. The molecule has 0 aliphatic heterocycles. The van der Waals surface area contributed by atoms with Gasteiger partial charge in [-0.15, -0.1) is 0 Å². The lowest BCUT2D eigenvalue weighted by atomic mass is 10.1. The highest BCUT2D eigenvalue weighted by Crippen LogP contribution is 2.40. The minimum absolute atomic E-state index is 1.00. The lowest BCUT2D eigenvalue weighted by Gasteiger charge is -2.02. The van der Waals surface area contributed by atoms with E-state index in [0.29, 0.717) is 0 Å². The highest BCUT2D eigenvalue weighted by molar-refractivity contribution is 6.24. The predicted octanol–water partition coefficient (Wildman–Crippen LogP) is 6.39. The Morgan fingerprint density at radius 2 is 1.34 bits per heavy atom. The molecule has 0 fully saturated rings. The molecule has 0 N–H and O–H groups in total. The van der Waals surface area contributed by atoms with Crippen LogP contribution in [0.5, 0.6) is 0 Å². The summed E-state index contributed by atoms with van der Waals surface area (Å²) in [6.45, 7) is 0. The molecule has 7 aromatic rings. The molecule has 136 valence electrons. The van der Waals surface area contributed by atoms with Gasteiger partial charge in [0.2, 0.25) is 0 Å². The van der Waals surface area contributed by atoms with Crippen molar-refractivity contribution in [3.05, 3.63) is 84.9 Å². The summed E-state index contributed by atoms with van der Waals surface area (Å²) in [5.41, 5.74) is 7.12.